The van der Waals surface area contributed by atoms with Crippen molar-refractivity contribution >= 4 is 0 Å². The summed E-state index contributed by atoms with van der Waals surface area (Å²) in [5.74, 6) is 0.461. The van der Waals surface area contributed by atoms with Gasteiger partial charge < -0.3 is 10.1 Å². The normalized spacial score (nSPS) is 13.4. The van der Waals surface area contributed by atoms with Gasteiger partial charge in [0.15, 0.2) is 0 Å². The number of hydrogen-bond acceptors (Lipinski definition) is 3. The molecule has 0 radical (unpaired) electrons. The SMILES string of the molecule is CC(C)Cc1ncc(C(O)C(C)C)[nH]c1=O. The van der Waals surface area contributed by atoms with Crippen molar-refractivity contribution in [3.63, 3.8) is 0 Å². The molecule has 0 aromatic carbocycles. The first-order valence-corrected chi connectivity index (χ1v) is 5.68. The van der Waals surface area contributed by atoms with E-state index >= 15 is 0 Å². The maximum Gasteiger partial charge on any atom is 0.269 e. The predicted octanol–water partition coefficient (Wildman–Crippen LogP) is 1.66. The fourth-order valence-corrected chi connectivity index (χ4v) is 1.48. The first-order chi connectivity index (χ1) is 7.41. The van der Waals surface area contributed by atoms with E-state index in [1.807, 2.05) is 27.7 Å². The lowest BCUT2D eigenvalue weighted by molar-refractivity contribution is 0.122. The Morgan fingerprint density at radius 2 is 2.00 bits per heavy atom. The molecule has 0 aliphatic heterocycles. The van der Waals surface area contributed by atoms with Gasteiger partial charge in [0.1, 0.15) is 5.69 Å². The van der Waals surface area contributed by atoms with Crippen molar-refractivity contribution in [1.29, 1.82) is 0 Å². The minimum absolute atomic E-state index is 0.0633. The average Bonchev–Trinajstić information content (AvgIpc) is 2.19. The quantitative estimate of drug-likeness (QED) is 0.817. The van der Waals surface area contributed by atoms with Crippen LogP contribution >= 0.6 is 0 Å². The molecule has 0 saturated carbocycles. The number of H-pyrrole nitrogens is 1. The van der Waals surface area contributed by atoms with Gasteiger partial charge in [-0.2, -0.15) is 0 Å². The molecule has 16 heavy (non-hydrogen) atoms. The van der Waals surface area contributed by atoms with Crippen LogP contribution in [0.4, 0.5) is 0 Å². The van der Waals surface area contributed by atoms with Crippen LogP contribution in [-0.4, -0.2) is 15.1 Å². The zero-order chi connectivity index (χ0) is 12.3. The summed E-state index contributed by atoms with van der Waals surface area (Å²) < 4.78 is 0. The van der Waals surface area contributed by atoms with Crippen molar-refractivity contribution in [2.24, 2.45) is 11.8 Å². The van der Waals surface area contributed by atoms with Gasteiger partial charge in [-0.15, -0.1) is 0 Å². The van der Waals surface area contributed by atoms with Crippen molar-refractivity contribution in [3.05, 3.63) is 27.9 Å². The summed E-state index contributed by atoms with van der Waals surface area (Å²) in [6.45, 7) is 7.87. The second-order valence-electron chi connectivity index (χ2n) is 4.90. The molecule has 0 spiro atoms. The molecule has 0 amide bonds. The van der Waals surface area contributed by atoms with Crippen molar-refractivity contribution in [1.82, 2.24) is 9.97 Å². The smallest absolute Gasteiger partial charge is 0.269 e. The molecule has 0 aliphatic rings. The van der Waals surface area contributed by atoms with Crippen LogP contribution in [0.1, 0.15) is 45.2 Å². The molecule has 1 unspecified atom stereocenters. The highest BCUT2D eigenvalue weighted by molar-refractivity contribution is 5.06. The summed E-state index contributed by atoms with van der Waals surface area (Å²) in [6.07, 6.45) is 1.56. The molecule has 0 fully saturated rings. The number of rotatable bonds is 4. The van der Waals surface area contributed by atoms with Crippen LogP contribution in [0.15, 0.2) is 11.0 Å². The first-order valence-electron chi connectivity index (χ1n) is 5.68. The third kappa shape index (κ3) is 3.17. The van der Waals surface area contributed by atoms with Crippen molar-refractivity contribution in [3.8, 4) is 0 Å². The van der Waals surface area contributed by atoms with E-state index in [0.29, 0.717) is 23.7 Å². The molecule has 0 aliphatic carbocycles. The summed E-state index contributed by atoms with van der Waals surface area (Å²) in [6, 6.07) is 0. The maximum absolute atomic E-state index is 11.7. The van der Waals surface area contributed by atoms with E-state index < -0.39 is 6.10 Å². The van der Waals surface area contributed by atoms with Gasteiger partial charge in [-0.3, -0.25) is 9.78 Å². The second kappa shape index (κ2) is 5.25. The van der Waals surface area contributed by atoms with Crippen LogP contribution in [0.2, 0.25) is 0 Å². The van der Waals surface area contributed by atoms with Gasteiger partial charge in [0.25, 0.3) is 5.56 Å². The van der Waals surface area contributed by atoms with Crippen LogP contribution in [0.25, 0.3) is 0 Å². The molecule has 1 atom stereocenters. The van der Waals surface area contributed by atoms with E-state index in [0.717, 1.165) is 0 Å². The minimum Gasteiger partial charge on any atom is -0.387 e. The lowest BCUT2D eigenvalue weighted by Gasteiger charge is -2.14. The Kier molecular flexibility index (Phi) is 4.24. The highest BCUT2D eigenvalue weighted by Gasteiger charge is 2.14. The second-order valence-corrected chi connectivity index (χ2v) is 4.90. The molecular formula is C12H20N2O2. The number of aliphatic hydroxyl groups excluding tert-OH is 1. The highest BCUT2D eigenvalue weighted by atomic mass is 16.3. The molecule has 1 aromatic rings. The number of nitrogens with zero attached hydrogens (tertiary/aromatic N) is 1. The largest absolute Gasteiger partial charge is 0.387 e. The molecule has 1 rings (SSSR count). The Labute approximate surface area is 95.7 Å². The number of hydrogen-bond donors (Lipinski definition) is 2. The summed E-state index contributed by atoms with van der Waals surface area (Å²) in [5, 5.41) is 9.78. The Bertz CT molecular complexity index is 396. The van der Waals surface area contributed by atoms with Crippen LogP contribution in [0.5, 0.6) is 0 Å². The minimum atomic E-state index is -0.659. The Morgan fingerprint density at radius 1 is 1.38 bits per heavy atom. The standard InChI is InChI=1S/C12H20N2O2/c1-7(2)5-9-12(16)14-10(6-13-9)11(15)8(3)4/h6-8,11,15H,5H2,1-4H3,(H,14,16). The van der Waals surface area contributed by atoms with Gasteiger partial charge in [-0.1, -0.05) is 27.7 Å². The summed E-state index contributed by atoms with van der Waals surface area (Å²) in [7, 11) is 0. The summed E-state index contributed by atoms with van der Waals surface area (Å²) in [4.78, 5) is 18.5. The molecule has 4 heteroatoms. The van der Waals surface area contributed by atoms with Gasteiger partial charge in [-0.25, -0.2) is 0 Å². The van der Waals surface area contributed by atoms with Gasteiger partial charge in [0.2, 0.25) is 0 Å². The lowest BCUT2D eigenvalue weighted by atomic mass is 10.0. The van der Waals surface area contributed by atoms with E-state index in [1.54, 1.807) is 6.20 Å². The topological polar surface area (TPSA) is 66.0 Å². The molecule has 1 aromatic heterocycles. The van der Waals surface area contributed by atoms with E-state index in [1.165, 1.54) is 0 Å². The van der Waals surface area contributed by atoms with Crippen molar-refractivity contribution in [2.75, 3.05) is 0 Å². The predicted molar refractivity (Wildman–Crippen MR) is 63.2 cm³/mol. The number of aromatic nitrogens is 2. The zero-order valence-corrected chi connectivity index (χ0v) is 10.3. The molecule has 4 nitrogen and oxygen atoms in total. The lowest BCUT2D eigenvalue weighted by Crippen LogP contribution is -2.21. The van der Waals surface area contributed by atoms with Gasteiger partial charge in [0.05, 0.1) is 11.8 Å². The van der Waals surface area contributed by atoms with Crippen LogP contribution < -0.4 is 5.56 Å². The third-order valence-corrected chi connectivity index (χ3v) is 2.43. The Balaban J connectivity index is 2.95. The Morgan fingerprint density at radius 3 is 2.44 bits per heavy atom. The third-order valence-electron chi connectivity index (χ3n) is 2.43. The van der Waals surface area contributed by atoms with Crippen LogP contribution in [0, 0.1) is 11.8 Å². The van der Waals surface area contributed by atoms with Crippen LogP contribution in [0.3, 0.4) is 0 Å². The van der Waals surface area contributed by atoms with Gasteiger partial charge in [0, 0.05) is 6.20 Å². The first kappa shape index (κ1) is 12.9. The maximum atomic E-state index is 11.7. The Hall–Kier alpha value is -1.16. The van der Waals surface area contributed by atoms with Crippen molar-refractivity contribution in [2.45, 2.75) is 40.2 Å². The van der Waals surface area contributed by atoms with E-state index in [2.05, 4.69) is 9.97 Å². The van der Waals surface area contributed by atoms with Gasteiger partial charge >= 0.3 is 0 Å². The molecule has 1 heterocycles. The fourth-order valence-electron chi connectivity index (χ4n) is 1.48. The van der Waals surface area contributed by atoms with E-state index in [-0.39, 0.29) is 11.5 Å². The fraction of sp³-hybridized carbons (Fsp3) is 0.667. The van der Waals surface area contributed by atoms with Crippen molar-refractivity contribution < 1.29 is 5.11 Å². The molecular weight excluding hydrogens is 204 g/mol. The monoisotopic (exact) mass is 224 g/mol. The van der Waals surface area contributed by atoms with Crippen LogP contribution in [-0.2, 0) is 6.42 Å². The zero-order valence-electron chi connectivity index (χ0n) is 10.3. The number of nitrogens with one attached hydrogen (secondary N) is 1. The summed E-state index contributed by atoms with van der Waals surface area (Å²) in [5.41, 5.74) is 0.841. The number of aromatic amines is 1. The van der Waals surface area contributed by atoms with E-state index in [4.69, 9.17) is 0 Å². The molecule has 0 bridgehead atoms. The molecule has 0 saturated heterocycles. The highest BCUT2D eigenvalue weighted by Crippen LogP contribution is 2.17. The molecule has 2 N–H and O–H groups in total. The molecule has 90 valence electrons. The van der Waals surface area contributed by atoms with E-state index in [9.17, 15) is 9.90 Å². The summed E-state index contributed by atoms with van der Waals surface area (Å²) >= 11 is 0. The average molecular weight is 224 g/mol. The number of aliphatic hydroxyl groups is 1. The van der Waals surface area contributed by atoms with Gasteiger partial charge in [-0.05, 0) is 18.3 Å².